The molecular formula is C15H22O. The van der Waals surface area contributed by atoms with Gasteiger partial charge in [0, 0.05) is 0 Å². The van der Waals surface area contributed by atoms with Crippen molar-refractivity contribution in [1.29, 1.82) is 0 Å². The average Bonchev–Trinajstić information content (AvgIpc) is 2.25. The summed E-state index contributed by atoms with van der Waals surface area (Å²) in [4.78, 5) is 0. The van der Waals surface area contributed by atoms with Crippen LogP contribution in [0.3, 0.4) is 0 Å². The summed E-state index contributed by atoms with van der Waals surface area (Å²) in [6.45, 7) is 6.05. The van der Waals surface area contributed by atoms with Crippen LogP contribution in [0, 0.1) is 6.92 Å². The molecule has 1 atom stereocenters. The summed E-state index contributed by atoms with van der Waals surface area (Å²) in [5.41, 5.74) is 1.27. The van der Waals surface area contributed by atoms with Crippen molar-refractivity contribution in [3.63, 3.8) is 0 Å². The molecule has 0 saturated carbocycles. The van der Waals surface area contributed by atoms with E-state index in [9.17, 15) is 5.11 Å². The SMILES string of the molecule is CCCC/C=C/C(C)(O)c1ccccc1C. The van der Waals surface area contributed by atoms with Crippen LogP contribution in [0.4, 0.5) is 0 Å². The fourth-order valence-corrected chi connectivity index (χ4v) is 1.87. The van der Waals surface area contributed by atoms with Gasteiger partial charge in [0.05, 0.1) is 0 Å². The van der Waals surface area contributed by atoms with Gasteiger partial charge < -0.3 is 5.11 Å². The predicted molar refractivity (Wildman–Crippen MR) is 69.4 cm³/mol. The first-order valence-corrected chi connectivity index (χ1v) is 6.04. The van der Waals surface area contributed by atoms with Crippen LogP contribution in [0.5, 0.6) is 0 Å². The molecule has 0 radical (unpaired) electrons. The highest BCUT2D eigenvalue weighted by molar-refractivity contribution is 5.33. The summed E-state index contributed by atoms with van der Waals surface area (Å²) >= 11 is 0. The number of benzene rings is 1. The number of rotatable bonds is 5. The van der Waals surface area contributed by atoms with Gasteiger partial charge in [-0.25, -0.2) is 0 Å². The van der Waals surface area contributed by atoms with E-state index in [-0.39, 0.29) is 0 Å². The number of hydrogen-bond acceptors (Lipinski definition) is 1. The maximum atomic E-state index is 10.4. The normalized spacial score (nSPS) is 15.2. The van der Waals surface area contributed by atoms with Crippen LogP contribution in [0.15, 0.2) is 36.4 Å². The lowest BCUT2D eigenvalue weighted by Crippen LogP contribution is -2.19. The second-order valence-electron chi connectivity index (χ2n) is 4.51. The zero-order valence-corrected chi connectivity index (χ0v) is 10.5. The van der Waals surface area contributed by atoms with Crippen LogP contribution < -0.4 is 0 Å². The molecule has 1 heteroatoms. The third-order valence-electron chi connectivity index (χ3n) is 2.86. The Kier molecular flexibility index (Phi) is 4.75. The number of aryl methyl sites for hydroxylation is 1. The van der Waals surface area contributed by atoms with Crippen LogP contribution in [0.2, 0.25) is 0 Å². The van der Waals surface area contributed by atoms with Gasteiger partial charge in [0.1, 0.15) is 5.60 Å². The lowest BCUT2D eigenvalue weighted by Gasteiger charge is -2.21. The van der Waals surface area contributed by atoms with E-state index in [2.05, 4.69) is 13.0 Å². The molecule has 0 heterocycles. The molecule has 1 nitrogen and oxygen atoms in total. The van der Waals surface area contributed by atoms with E-state index in [1.165, 1.54) is 12.8 Å². The number of allylic oxidation sites excluding steroid dienone is 1. The standard InChI is InChI=1S/C15H22O/c1-4-5-6-9-12-15(3,16)14-11-8-7-10-13(14)2/h7-12,16H,4-6H2,1-3H3/b12-9+. The van der Waals surface area contributed by atoms with Gasteiger partial charge in [0.2, 0.25) is 0 Å². The Morgan fingerprint density at radius 3 is 2.62 bits per heavy atom. The number of aliphatic hydroxyl groups is 1. The fraction of sp³-hybridized carbons (Fsp3) is 0.467. The average molecular weight is 218 g/mol. The summed E-state index contributed by atoms with van der Waals surface area (Å²) in [7, 11) is 0. The molecule has 0 aliphatic rings. The third kappa shape index (κ3) is 3.49. The molecule has 1 aromatic carbocycles. The molecule has 0 aliphatic carbocycles. The Hall–Kier alpha value is -1.08. The van der Waals surface area contributed by atoms with Crippen LogP contribution >= 0.6 is 0 Å². The number of unbranched alkanes of at least 4 members (excludes halogenated alkanes) is 2. The molecule has 0 aromatic heterocycles. The maximum absolute atomic E-state index is 10.4. The van der Waals surface area contributed by atoms with E-state index in [4.69, 9.17) is 0 Å². The van der Waals surface area contributed by atoms with E-state index in [1.54, 1.807) is 0 Å². The number of hydrogen-bond donors (Lipinski definition) is 1. The highest BCUT2D eigenvalue weighted by atomic mass is 16.3. The molecule has 1 N–H and O–H groups in total. The molecule has 0 fully saturated rings. The van der Waals surface area contributed by atoms with E-state index in [0.29, 0.717) is 0 Å². The molecule has 0 bridgehead atoms. The van der Waals surface area contributed by atoms with Gasteiger partial charge in [-0.2, -0.15) is 0 Å². The maximum Gasteiger partial charge on any atom is 0.105 e. The van der Waals surface area contributed by atoms with Crippen LogP contribution in [-0.4, -0.2) is 5.11 Å². The molecule has 16 heavy (non-hydrogen) atoms. The molecule has 1 rings (SSSR count). The summed E-state index contributed by atoms with van der Waals surface area (Å²) < 4.78 is 0. The predicted octanol–water partition coefficient (Wildman–Crippen LogP) is 3.95. The second kappa shape index (κ2) is 5.86. The zero-order chi connectivity index (χ0) is 12.0. The molecule has 0 saturated heterocycles. The molecule has 0 aliphatic heterocycles. The Labute approximate surface area is 98.8 Å². The topological polar surface area (TPSA) is 20.2 Å². The first-order chi connectivity index (χ1) is 7.58. The zero-order valence-electron chi connectivity index (χ0n) is 10.5. The minimum Gasteiger partial charge on any atom is -0.381 e. The highest BCUT2D eigenvalue weighted by Crippen LogP contribution is 2.25. The molecule has 1 aromatic rings. The van der Waals surface area contributed by atoms with E-state index in [1.807, 2.05) is 44.2 Å². The van der Waals surface area contributed by atoms with Crippen LogP contribution in [-0.2, 0) is 5.60 Å². The van der Waals surface area contributed by atoms with E-state index >= 15 is 0 Å². The first-order valence-electron chi connectivity index (χ1n) is 6.04. The monoisotopic (exact) mass is 218 g/mol. The van der Waals surface area contributed by atoms with Gasteiger partial charge in [-0.1, -0.05) is 56.2 Å². The van der Waals surface area contributed by atoms with Crippen molar-refractivity contribution < 1.29 is 5.11 Å². The Morgan fingerprint density at radius 2 is 2.00 bits per heavy atom. The van der Waals surface area contributed by atoms with Crippen molar-refractivity contribution in [2.75, 3.05) is 0 Å². The van der Waals surface area contributed by atoms with Crippen molar-refractivity contribution in [1.82, 2.24) is 0 Å². The first kappa shape index (κ1) is 13.0. The molecule has 0 spiro atoms. The largest absolute Gasteiger partial charge is 0.381 e. The van der Waals surface area contributed by atoms with Crippen LogP contribution in [0.1, 0.15) is 44.2 Å². The molecule has 0 amide bonds. The Morgan fingerprint density at radius 1 is 1.31 bits per heavy atom. The quantitative estimate of drug-likeness (QED) is 0.586. The third-order valence-corrected chi connectivity index (χ3v) is 2.86. The summed E-state index contributed by atoms with van der Waals surface area (Å²) in [5, 5.41) is 10.4. The molecule has 88 valence electrons. The van der Waals surface area contributed by atoms with Gasteiger partial charge in [-0.15, -0.1) is 0 Å². The highest BCUT2D eigenvalue weighted by Gasteiger charge is 2.20. The fourth-order valence-electron chi connectivity index (χ4n) is 1.87. The van der Waals surface area contributed by atoms with Crippen molar-refractivity contribution in [2.24, 2.45) is 0 Å². The molecule has 1 unspecified atom stereocenters. The van der Waals surface area contributed by atoms with Crippen LogP contribution in [0.25, 0.3) is 0 Å². The lowest BCUT2D eigenvalue weighted by atomic mass is 9.91. The summed E-state index contributed by atoms with van der Waals surface area (Å²) in [6, 6.07) is 7.98. The second-order valence-corrected chi connectivity index (χ2v) is 4.51. The van der Waals surface area contributed by atoms with Crippen molar-refractivity contribution in [3.05, 3.63) is 47.5 Å². The van der Waals surface area contributed by atoms with Gasteiger partial charge in [0.15, 0.2) is 0 Å². The smallest absolute Gasteiger partial charge is 0.105 e. The Bertz CT molecular complexity index is 350. The van der Waals surface area contributed by atoms with Gasteiger partial charge in [-0.3, -0.25) is 0 Å². The van der Waals surface area contributed by atoms with Gasteiger partial charge in [-0.05, 0) is 31.4 Å². The van der Waals surface area contributed by atoms with Crippen molar-refractivity contribution in [3.8, 4) is 0 Å². The van der Waals surface area contributed by atoms with Gasteiger partial charge >= 0.3 is 0 Å². The van der Waals surface area contributed by atoms with Gasteiger partial charge in [0.25, 0.3) is 0 Å². The van der Waals surface area contributed by atoms with Crippen molar-refractivity contribution in [2.45, 2.75) is 45.6 Å². The summed E-state index contributed by atoms with van der Waals surface area (Å²) in [5.74, 6) is 0. The summed E-state index contributed by atoms with van der Waals surface area (Å²) in [6.07, 6.45) is 7.40. The lowest BCUT2D eigenvalue weighted by molar-refractivity contribution is 0.110. The van der Waals surface area contributed by atoms with Crippen molar-refractivity contribution >= 4 is 0 Å². The van der Waals surface area contributed by atoms with E-state index in [0.717, 1.165) is 17.5 Å². The minimum absolute atomic E-state index is 0.848. The molecular weight excluding hydrogens is 196 g/mol. The van der Waals surface area contributed by atoms with E-state index < -0.39 is 5.60 Å². The minimum atomic E-state index is -0.848. The Balaban J connectivity index is 2.77.